The summed E-state index contributed by atoms with van der Waals surface area (Å²) in [6.07, 6.45) is 2.59. The molecule has 5 nitrogen and oxygen atoms in total. The largest absolute Gasteiger partial charge is 0.330 e. The van der Waals surface area contributed by atoms with Crippen LogP contribution in [0.3, 0.4) is 0 Å². The number of urea groups is 1. The van der Waals surface area contributed by atoms with Gasteiger partial charge in [0, 0.05) is 5.92 Å². The Morgan fingerprint density at radius 2 is 2.13 bits per heavy atom. The van der Waals surface area contributed by atoms with E-state index in [1.165, 1.54) is 0 Å². The van der Waals surface area contributed by atoms with Crippen molar-refractivity contribution < 1.29 is 9.59 Å². The number of hydrogen-bond donors (Lipinski definition) is 3. The van der Waals surface area contributed by atoms with Crippen molar-refractivity contribution in [2.45, 2.75) is 38.6 Å². The quantitative estimate of drug-likeness (QED) is 0.549. The van der Waals surface area contributed by atoms with Crippen LogP contribution in [0.5, 0.6) is 0 Å². The average molecular weight is 213 g/mol. The van der Waals surface area contributed by atoms with E-state index >= 15 is 0 Å². The maximum absolute atomic E-state index is 11.5. The molecule has 0 radical (unpaired) electrons. The predicted octanol–water partition coefficient (Wildman–Crippen LogP) is 0.350. The second-order valence-corrected chi connectivity index (χ2v) is 3.70. The van der Waals surface area contributed by atoms with Crippen molar-refractivity contribution >= 4 is 11.9 Å². The fourth-order valence-electron chi connectivity index (χ4n) is 2.37. The SMILES string of the molecule is CC.NCC1CCCC12NC(=O)NC2=O. The van der Waals surface area contributed by atoms with Crippen LogP contribution in [0.25, 0.3) is 0 Å². The van der Waals surface area contributed by atoms with E-state index in [2.05, 4.69) is 10.6 Å². The Morgan fingerprint density at radius 1 is 1.47 bits per heavy atom. The number of rotatable bonds is 1. The summed E-state index contributed by atoms with van der Waals surface area (Å²) >= 11 is 0. The van der Waals surface area contributed by atoms with Crippen LogP contribution in [0.4, 0.5) is 4.79 Å². The maximum atomic E-state index is 11.5. The molecule has 4 N–H and O–H groups in total. The second kappa shape index (κ2) is 4.61. The molecule has 2 atom stereocenters. The van der Waals surface area contributed by atoms with Crippen LogP contribution in [0.15, 0.2) is 0 Å². The van der Waals surface area contributed by atoms with Crippen molar-refractivity contribution in [1.82, 2.24) is 10.6 Å². The van der Waals surface area contributed by atoms with Crippen LogP contribution >= 0.6 is 0 Å². The number of nitrogens with two attached hydrogens (primary N) is 1. The van der Waals surface area contributed by atoms with Crippen LogP contribution in [0.1, 0.15) is 33.1 Å². The van der Waals surface area contributed by atoms with Gasteiger partial charge in [-0.15, -0.1) is 0 Å². The number of carbonyl (C=O) groups is 2. The zero-order valence-electron chi connectivity index (χ0n) is 9.30. The molecule has 2 aliphatic rings. The monoisotopic (exact) mass is 213 g/mol. The van der Waals surface area contributed by atoms with E-state index in [0.717, 1.165) is 12.8 Å². The summed E-state index contributed by atoms with van der Waals surface area (Å²) in [5.74, 6) is -0.107. The summed E-state index contributed by atoms with van der Waals surface area (Å²) in [5.41, 5.74) is 4.88. The first-order chi connectivity index (χ1) is 7.19. The molecule has 1 aliphatic heterocycles. The zero-order valence-corrected chi connectivity index (χ0v) is 9.30. The molecule has 0 bridgehead atoms. The molecule has 5 heteroatoms. The minimum Gasteiger partial charge on any atom is -0.330 e. The molecule has 3 amide bonds. The van der Waals surface area contributed by atoms with Crippen molar-refractivity contribution in [2.24, 2.45) is 11.7 Å². The van der Waals surface area contributed by atoms with E-state index in [4.69, 9.17) is 5.73 Å². The van der Waals surface area contributed by atoms with Gasteiger partial charge in [-0.05, 0) is 19.4 Å². The number of imide groups is 1. The number of hydrogen-bond acceptors (Lipinski definition) is 3. The normalized spacial score (nSPS) is 33.4. The molecule has 15 heavy (non-hydrogen) atoms. The number of nitrogens with one attached hydrogen (secondary N) is 2. The fraction of sp³-hybridized carbons (Fsp3) is 0.800. The number of carbonyl (C=O) groups excluding carboxylic acids is 2. The van der Waals surface area contributed by atoms with Crippen molar-refractivity contribution in [1.29, 1.82) is 0 Å². The van der Waals surface area contributed by atoms with E-state index in [-0.39, 0.29) is 17.9 Å². The maximum Gasteiger partial charge on any atom is 0.322 e. The molecule has 0 aromatic rings. The van der Waals surface area contributed by atoms with Crippen molar-refractivity contribution in [3.63, 3.8) is 0 Å². The summed E-state index contributed by atoms with van der Waals surface area (Å²) in [7, 11) is 0. The predicted molar refractivity (Wildman–Crippen MR) is 57.1 cm³/mol. The van der Waals surface area contributed by atoms with E-state index in [9.17, 15) is 9.59 Å². The lowest BCUT2D eigenvalue weighted by atomic mass is 9.87. The smallest absolute Gasteiger partial charge is 0.322 e. The Balaban J connectivity index is 0.000000531. The Kier molecular flexibility index (Phi) is 3.68. The zero-order chi connectivity index (χ0) is 11.5. The highest BCUT2D eigenvalue weighted by atomic mass is 16.2. The highest BCUT2D eigenvalue weighted by Gasteiger charge is 2.53. The lowest BCUT2D eigenvalue weighted by Gasteiger charge is -2.26. The lowest BCUT2D eigenvalue weighted by molar-refractivity contribution is -0.125. The number of amides is 3. The Bertz CT molecular complexity index is 267. The van der Waals surface area contributed by atoms with E-state index in [0.29, 0.717) is 13.0 Å². The Labute approximate surface area is 89.8 Å². The van der Waals surface area contributed by atoms with Gasteiger partial charge in [0.2, 0.25) is 0 Å². The van der Waals surface area contributed by atoms with E-state index in [1.54, 1.807) is 0 Å². The molecule has 0 aromatic heterocycles. The fourth-order valence-corrected chi connectivity index (χ4v) is 2.37. The molecule has 1 aliphatic carbocycles. The van der Waals surface area contributed by atoms with Crippen LogP contribution < -0.4 is 16.4 Å². The molecule has 0 aromatic carbocycles. The average Bonchev–Trinajstić information content (AvgIpc) is 2.76. The summed E-state index contributed by atoms with van der Waals surface area (Å²) in [5, 5.41) is 4.97. The van der Waals surface area contributed by atoms with Gasteiger partial charge in [-0.25, -0.2) is 4.79 Å². The van der Waals surface area contributed by atoms with Gasteiger partial charge in [0.1, 0.15) is 5.54 Å². The van der Waals surface area contributed by atoms with E-state index < -0.39 is 5.54 Å². The second-order valence-electron chi connectivity index (χ2n) is 3.70. The third-order valence-corrected chi connectivity index (χ3v) is 3.07. The Hall–Kier alpha value is -1.10. The van der Waals surface area contributed by atoms with Crippen LogP contribution in [-0.2, 0) is 4.79 Å². The van der Waals surface area contributed by atoms with Crippen LogP contribution in [0, 0.1) is 5.92 Å². The Morgan fingerprint density at radius 3 is 2.60 bits per heavy atom. The summed E-state index contributed by atoms with van der Waals surface area (Å²) < 4.78 is 0. The summed E-state index contributed by atoms with van der Waals surface area (Å²) in [6, 6.07) is -0.384. The van der Waals surface area contributed by atoms with Gasteiger partial charge < -0.3 is 11.1 Å². The van der Waals surface area contributed by atoms with Gasteiger partial charge in [-0.2, -0.15) is 0 Å². The van der Waals surface area contributed by atoms with Crippen molar-refractivity contribution in [3.05, 3.63) is 0 Å². The third kappa shape index (κ3) is 1.84. The van der Waals surface area contributed by atoms with Crippen molar-refractivity contribution in [3.8, 4) is 0 Å². The first-order valence-electron chi connectivity index (χ1n) is 5.53. The van der Waals surface area contributed by atoms with Crippen LogP contribution in [-0.4, -0.2) is 24.0 Å². The molecular formula is C10H19N3O2. The van der Waals surface area contributed by atoms with Gasteiger partial charge >= 0.3 is 6.03 Å². The van der Waals surface area contributed by atoms with Gasteiger partial charge in [0.15, 0.2) is 0 Å². The van der Waals surface area contributed by atoms with Gasteiger partial charge in [-0.3, -0.25) is 10.1 Å². The van der Waals surface area contributed by atoms with Gasteiger partial charge in [0.05, 0.1) is 0 Å². The van der Waals surface area contributed by atoms with Gasteiger partial charge in [-0.1, -0.05) is 20.3 Å². The highest BCUT2D eigenvalue weighted by Crippen LogP contribution is 2.36. The summed E-state index contributed by atoms with van der Waals surface area (Å²) in [6.45, 7) is 4.45. The molecule has 1 saturated heterocycles. The molecule has 1 saturated carbocycles. The third-order valence-electron chi connectivity index (χ3n) is 3.07. The molecule has 86 valence electrons. The first kappa shape index (κ1) is 12.0. The lowest BCUT2D eigenvalue weighted by Crippen LogP contribution is -2.52. The standard InChI is InChI=1S/C8H13N3O2.C2H6/c9-4-5-2-1-3-8(5)6(12)10-7(13)11-8;1-2/h5H,1-4,9H2,(H2,10,11,12,13);1-2H3. The minimum absolute atomic E-state index is 0.0962. The first-order valence-corrected chi connectivity index (χ1v) is 5.53. The van der Waals surface area contributed by atoms with Crippen LogP contribution in [0.2, 0.25) is 0 Å². The molecule has 1 heterocycles. The molecule has 2 rings (SSSR count). The van der Waals surface area contributed by atoms with E-state index in [1.807, 2.05) is 13.8 Å². The topological polar surface area (TPSA) is 84.2 Å². The highest BCUT2D eigenvalue weighted by molar-refractivity contribution is 6.07. The van der Waals surface area contributed by atoms with Gasteiger partial charge in [0.25, 0.3) is 5.91 Å². The summed E-state index contributed by atoms with van der Waals surface area (Å²) in [4.78, 5) is 22.5. The molecular weight excluding hydrogens is 194 g/mol. The molecule has 2 unspecified atom stereocenters. The molecule has 2 fully saturated rings. The van der Waals surface area contributed by atoms with Crippen molar-refractivity contribution in [2.75, 3.05) is 6.54 Å². The minimum atomic E-state index is -0.689. The molecule has 1 spiro atoms.